The number of aromatic nitrogens is 4. The van der Waals surface area contributed by atoms with Crippen LogP contribution in [0.3, 0.4) is 0 Å². The van der Waals surface area contributed by atoms with Gasteiger partial charge in [-0.05, 0) is 59.4 Å². The number of nitrogens with zero attached hydrogens (tertiary/aromatic N) is 4. The number of rotatable bonds is 7. The molecule has 2 amide bonds. The molecule has 37 heavy (non-hydrogen) atoms. The Morgan fingerprint density at radius 1 is 1.11 bits per heavy atom. The number of aryl methyl sites for hydroxylation is 1. The third kappa shape index (κ3) is 4.58. The third-order valence-corrected chi connectivity index (χ3v) is 7.41. The van der Waals surface area contributed by atoms with Gasteiger partial charge in [-0.25, -0.2) is 9.78 Å². The van der Waals surface area contributed by atoms with E-state index in [1.807, 2.05) is 23.2 Å². The Hall–Kier alpha value is -4.11. The number of phenolic OH excluding ortho intramolecular Hbond substituents is 1. The van der Waals surface area contributed by atoms with Crippen LogP contribution in [0.5, 0.6) is 5.75 Å². The van der Waals surface area contributed by atoms with E-state index in [4.69, 9.17) is 0 Å². The number of urea groups is 1. The zero-order valence-electron chi connectivity index (χ0n) is 20.9. The van der Waals surface area contributed by atoms with E-state index in [0.29, 0.717) is 0 Å². The molecule has 4 aromatic rings. The highest BCUT2D eigenvalue weighted by Crippen LogP contribution is 2.32. The van der Waals surface area contributed by atoms with Crippen molar-refractivity contribution >= 4 is 22.5 Å². The van der Waals surface area contributed by atoms with Crippen LogP contribution in [0, 0.1) is 0 Å². The summed E-state index contributed by atoms with van der Waals surface area (Å²) in [6.45, 7) is 7.11. The summed E-state index contributed by atoms with van der Waals surface area (Å²) in [7, 11) is 0. The Labute approximate surface area is 215 Å². The van der Waals surface area contributed by atoms with E-state index in [1.165, 1.54) is 5.57 Å². The molecule has 2 aliphatic heterocycles. The second kappa shape index (κ2) is 9.74. The van der Waals surface area contributed by atoms with Gasteiger partial charge >= 0.3 is 6.03 Å². The lowest BCUT2D eigenvalue weighted by Crippen LogP contribution is -2.38. The molecule has 4 heterocycles. The van der Waals surface area contributed by atoms with Crippen LogP contribution in [-0.4, -0.2) is 80.4 Å². The number of H-pyrrole nitrogens is 2. The molecular formula is C28H31N7O2. The molecule has 6 rings (SSSR count). The van der Waals surface area contributed by atoms with E-state index < -0.39 is 0 Å². The fourth-order valence-electron chi connectivity index (χ4n) is 5.27. The highest BCUT2D eigenvalue weighted by Gasteiger charge is 2.21. The van der Waals surface area contributed by atoms with Crippen molar-refractivity contribution in [3.05, 3.63) is 59.9 Å². The molecule has 9 heteroatoms. The number of hydrogen-bond donors (Lipinski definition) is 4. The maximum atomic E-state index is 11.7. The Kier molecular flexibility index (Phi) is 6.13. The number of nitrogens with one attached hydrogen (secondary N) is 3. The summed E-state index contributed by atoms with van der Waals surface area (Å²) in [5.41, 5.74) is 7.34. The quantitative estimate of drug-likeness (QED) is 0.308. The average Bonchev–Trinajstić information content (AvgIpc) is 3.67. The van der Waals surface area contributed by atoms with Crippen LogP contribution in [0.25, 0.3) is 39.1 Å². The number of imidazole rings is 1. The van der Waals surface area contributed by atoms with Gasteiger partial charge in [0.15, 0.2) is 5.82 Å². The van der Waals surface area contributed by atoms with Crippen LogP contribution in [0.2, 0.25) is 0 Å². The van der Waals surface area contributed by atoms with E-state index in [1.54, 1.807) is 6.07 Å². The second-order valence-corrected chi connectivity index (χ2v) is 9.67. The molecule has 0 radical (unpaired) electrons. The predicted molar refractivity (Wildman–Crippen MR) is 144 cm³/mol. The molecule has 9 nitrogen and oxygen atoms in total. The minimum absolute atomic E-state index is 0.0476. The van der Waals surface area contributed by atoms with Crippen LogP contribution in [-0.2, 0) is 6.42 Å². The van der Waals surface area contributed by atoms with Crippen molar-refractivity contribution in [3.8, 4) is 28.4 Å². The first kappa shape index (κ1) is 23.3. The zero-order valence-corrected chi connectivity index (χ0v) is 20.9. The number of benzene rings is 2. The van der Waals surface area contributed by atoms with Gasteiger partial charge in [0.2, 0.25) is 0 Å². The summed E-state index contributed by atoms with van der Waals surface area (Å²) in [6, 6.07) is 11.8. The van der Waals surface area contributed by atoms with Gasteiger partial charge in [-0.2, -0.15) is 5.10 Å². The summed E-state index contributed by atoms with van der Waals surface area (Å²) in [5, 5.41) is 21.5. The van der Waals surface area contributed by atoms with E-state index in [0.717, 1.165) is 96.9 Å². The molecule has 4 N–H and O–H groups in total. The summed E-state index contributed by atoms with van der Waals surface area (Å²) >= 11 is 0. The zero-order chi connectivity index (χ0) is 25.4. The molecule has 0 atom stereocenters. The largest absolute Gasteiger partial charge is 0.508 e. The minimum atomic E-state index is 0.0476. The van der Waals surface area contributed by atoms with Crippen molar-refractivity contribution in [1.82, 2.24) is 35.3 Å². The molecule has 2 aliphatic rings. The van der Waals surface area contributed by atoms with Gasteiger partial charge in [0, 0.05) is 44.7 Å². The molecule has 190 valence electrons. The van der Waals surface area contributed by atoms with E-state index in [-0.39, 0.29) is 11.8 Å². The highest BCUT2D eigenvalue weighted by atomic mass is 16.3. The van der Waals surface area contributed by atoms with Crippen LogP contribution in [0.15, 0.2) is 48.7 Å². The molecule has 2 aromatic heterocycles. The maximum absolute atomic E-state index is 11.7. The number of hydrogen-bond acceptors (Lipinski definition) is 5. The van der Waals surface area contributed by atoms with Crippen LogP contribution >= 0.6 is 0 Å². The molecule has 0 bridgehead atoms. The topological polar surface area (TPSA) is 113 Å². The minimum Gasteiger partial charge on any atom is -0.508 e. The fraction of sp³-hybridized carbons (Fsp3) is 0.321. The first-order chi connectivity index (χ1) is 18.1. The van der Waals surface area contributed by atoms with Gasteiger partial charge in [0.1, 0.15) is 11.4 Å². The van der Waals surface area contributed by atoms with E-state index in [2.05, 4.69) is 61.6 Å². The Balaban J connectivity index is 1.17. The molecule has 0 aliphatic carbocycles. The lowest BCUT2D eigenvalue weighted by atomic mass is 9.97. The van der Waals surface area contributed by atoms with Gasteiger partial charge in [-0.3, -0.25) is 10.00 Å². The maximum Gasteiger partial charge on any atom is 0.317 e. The monoisotopic (exact) mass is 497 g/mol. The molecule has 1 fully saturated rings. The molecule has 0 saturated carbocycles. The first-order valence-corrected chi connectivity index (χ1v) is 12.9. The number of aromatic amines is 2. The second-order valence-electron chi connectivity index (χ2n) is 9.67. The Morgan fingerprint density at radius 3 is 2.81 bits per heavy atom. The van der Waals surface area contributed by atoms with Gasteiger partial charge in [0.05, 0.1) is 17.4 Å². The summed E-state index contributed by atoms with van der Waals surface area (Å²) in [6.07, 6.45) is 5.92. The van der Waals surface area contributed by atoms with Gasteiger partial charge < -0.3 is 20.3 Å². The number of phenols is 1. The first-order valence-electron chi connectivity index (χ1n) is 12.9. The van der Waals surface area contributed by atoms with Gasteiger partial charge in [-0.1, -0.05) is 25.1 Å². The van der Waals surface area contributed by atoms with Crippen molar-refractivity contribution in [2.75, 3.05) is 39.3 Å². The van der Waals surface area contributed by atoms with Gasteiger partial charge in [-0.15, -0.1) is 0 Å². The number of fused-ring (bicyclic) bond motifs is 1. The number of aromatic hydroxyl groups is 1. The highest BCUT2D eigenvalue weighted by molar-refractivity contribution is 5.94. The smallest absolute Gasteiger partial charge is 0.317 e. The van der Waals surface area contributed by atoms with Crippen LogP contribution < -0.4 is 5.32 Å². The van der Waals surface area contributed by atoms with Crippen molar-refractivity contribution in [1.29, 1.82) is 0 Å². The van der Waals surface area contributed by atoms with E-state index in [9.17, 15) is 9.90 Å². The molecular weight excluding hydrogens is 466 g/mol. The van der Waals surface area contributed by atoms with Crippen LogP contribution in [0.1, 0.15) is 24.6 Å². The van der Waals surface area contributed by atoms with E-state index >= 15 is 0 Å². The SMILES string of the molecule is CCc1cc(O)ccc1-c1ccc2c(-c3ncc(C4=CCN(CCN5CCNC5=O)CC4)[nH]3)n[nH]c2c1. The fourth-order valence-corrected chi connectivity index (χ4v) is 5.27. The van der Waals surface area contributed by atoms with Crippen molar-refractivity contribution in [3.63, 3.8) is 0 Å². The predicted octanol–water partition coefficient (Wildman–Crippen LogP) is 4.00. The summed E-state index contributed by atoms with van der Waals surface area (Å²) in [4.78, 5) is 24.1. The van der Waals surface area contributed by atoms with Crippen molar-refractivity contribution in [2.45, 2.75) is 19.8 Å². The Bertz CT molecular complexity index is 1480. The van der Waals surface area contributed by atoms with Crippen molar-refractivity contribution < 1.29 is 9.90 Å². The number of carbonyl (C=O) groups excluding carboxylic acids is 1. The molecule has 0 spiro atoms. The average molecular weight is 498 g/mol. The lowest BCUT2D eigenvalue weighted by molar-refractivity contribution is 0.205. The number of amides is 2. The summed E-state index contributed by atoms with van der Waals surface area (Å²) in [5.74, 6) is 1.03. The van der Waals surface area contributed by atoms with Crippen LogP contribution in [0.4, 0.5) is 4.79 Å². The standard InChI is InChI=1S/C28H31N7O2/c1-2-18-15-21(36)4-6-22(18)20-3-5-23-24(16-20)32-33-26(23)27-30-17-25(31-27)19-7-10-34(11-8-19)13-14-35-12-9-29-28(35)37/h3-7,15-17,36H,2,8-14H2,1H3,(H,29,37)(H,30,31)(H,32,33). The van der Waals surface area contributed by atoms with Crippen molar-refractivity contribution in [2.24, 2.45) is 0 Å². The van der Waals surface area contributed by atoms with Gasteiger partial charge in [0.25, 0.3) is 0 Å². The molecule has 0 unspecified atom stereocenters. The normalized spacial score (nSPS) is 16.4. The molecule has 1 saturated heterocycles. The third-order valence-electron chi connectivity index (χ3n) is 7.41. The summed E-state index contributed by atoms with van der Waals surface area (Å²) < 4.78 is 0. The lowest BCUT2D eigenvalue weighted by Gasteiger charge is -2.27. The Morgan fingerprint density at radius 2 is 2.03 bits per heavy atom. The number of carbonyl (C=O) groups is 1. The molecule has 2 aromatic carbocycles.